The number of piperazine rings is 1. The fourth-order valence-electron chi connectivity index (χ4n) is 3.15. The molecule has 1 N–H and O–H groups in total. The van der Waals surface area contributed by atoms with E-state index in [0.717, 1.165) is 0 Å². The van der Waals surface area contributed by atoms with Gasteiger partial charge in [0.15, 0.2) is 0 Å². The van der Waals surface area contributed by atoms with Gasteiger partial charge in [0.05, 0.1) is 6.54 Å². The summed E-state index contributed by atoms with van der Waals surface area (Å²) in [5.74, 6) is 6.41. The molecule has 0 aliphatic carbocycles. The molecule has 184 valence electrons. The van der Waals surface area contributed by atoms with Crippen molar-refractivity contribution in [2.75, 3.05) is 31.1 Å². The summed E-state index contributed by atoms with van der Waals surface area (Å²) >= 11 is 0. The highest BCUT2D eigenvalue weighted by atomic mass is 16.6. The smallest absolute Gasteiger partial charge is 0.411 e. The van der Waals surface area contributed by atoms with Gasteiger partial charge in [0, 0.05) is 32.4 Å². The lowest BCUT2D eigenvalue weighted by Crippen LogP contribution is -2.50. The van der Waals surface area contributed by atoms with Crippen molar-refractivity contribution in [3.63, 3.8) is 0 Å². The van der Waals surface area contributed by atoms with E-state index in [1.54, 1.807) is 43.2 Å². The van der Waals surface area contributed by atoms with E-state index in [-0.39, 0.29) is 6.09 Å². The summed E-state index contributed by atoms with van der Waals surface area (Å²) in [7, 11) is 0. The van der Waals surface area contributed by atoms with Crippen LogP contribution in [0.2, 0.25) is 0 Å². The van der Waals surface area contributed by atoms with Gasteiger partial charge in [-0.1, -0.05) is 5.92 Å². The molecule has 1 aromatic rings. The van der Waals surface area contributed by atoms with Gasteiger partial charge in [-0.05, 0) is 54.5 Å². The van der Waals surface area contributed by atoms with E-state index >= 15 is 0 Å². The Hall–Kier alpha value is -3.66. The molecule has 1 aliphatic rings. The SMILES string of the molecule is CC#CCn1c(N2CCN(C(=O)OC(C)(C)C)CC2)nc(C=CNC(=O)OC(C)(C)C)c1C#N. The van der Waals surface area contributed by atoms with Crippen molar-refractivity contribution in [3.8, 4) is 17.9 Å². The summed E-state index contributed by atoms with van der Waals surface area (Å²) in [6.07, 6.45) is 2.01. The first-order valence-corrected chi connectivity index (χ1v) is 11.1. The first-order valence-electron chi connectivity index (χ1n) is 11.1. The molecule has 0 radical (unpaired) electrons. The van der Waals surface area contributed by atoms with Gasteiger partial charge < -0.3 is 19.3 Å². The Morgan fingerprint density at radius 3 is 2.24 bits per heavy atom. The van der Waals surface area contributed by atoms with Crippen LogP contribution in [0.5, 0.6) is 0 Å². The second kappa shape index (κ2) is 11.0. The van der Waals surface area contributed by atoms with Gasteiger partial charge in [-0.3, -0.25) is 9.88 Å². The highest BCUT2D eigenvalue weighted by Crippen LogP contribution is 2.22. The molecule has 10 heteroatoms. The van der Waals surface area contributed by atoms with Gasteiger partial charge in [0.25, 0.3) is 0 Å². The third-order valence-corrected chi connectivity index (χ3v) is 4.55. The highest BCUT2D eigenvalue weighted by molar-refractivity contribution is 5.71. The van der Waals surface area contributed by atoms with Crippen molar-refractivity contribution in [1.82, 2.24) is 19.8 Å². The fourth-order valence-corrected chi connectivity index (χ4v) is 3.15. The summed E-state index contributed by atoms with van der Waals surface area (Å²) in [4.78, 5) is 32.6. The number of imidazole rings is 1. The standard InChI is InChI=1S/C24H34N6O4/c1-8-9-12-30-19(17-25)18(10-11-26-21(31)33-23(2,3)4)27-20(30)28-13-15-29(16-14-28)22(32)34-24(5,6)7/h10-11H,12-16H2,1-7H3,(H,26,31). The number of carbonyl (C=O) groups is 2. The number of hydrogen-bond acceptors (Lipinski definition) is 7. The molecule has 0 spiro atoms. The fraction of sp³-hybridized carbons (Fsp3) is 0.583. The Morgan fingerprint density at radius 2 is 1.71 bits per heavy atom. The molecular weight excluding hydrogens is 436 g/mol. The second-order valence-electron chi connectivity index (χ2n) is 9.70. The zero-order valence-electron chi connectivity index (χ0n) is 21.1. The van der Waals surface area contributed by atoms with Crippen LogP contribution < -0.4 is 10.2 Å². The molecule has 34 heavy (non-hydrogen) atoms. The van der Waals surface area contributed by atoms with E-state index in [2.05, 4.69) is 28.2 Å². The normalized spacial score (nSPS) is 14.3. The molecule has 1 fully saturated rings. The number of ether oxygens (including phenoxy) is 2. The zero-order chi connectivity index (χ0) is 25.5. The summed E-state index contributed by atoms with van der Waals surface area (Å²) in [6.45, 7) is 14.8. The molecule has 2 rings (SSSR count). The minimum Gasteiger partial charge on any atom is -0.444 e. The van der Waals surface area contributed by atoms with Crippen LogP contribution in [0.3, 0.4) is 0 Å². The van der Waals surface area contributed by atoms with Crippen LogP contribution in [0.4, 0.5) is 15.5 Å². The minimum absolute atomic E-state index is 0.293. The van der Waals surface area contributed by atoms with Crippen LogP contribution in [0.1, 0.15) is 59.9 Å². The molecule has 2 heterocycles. The van der Waals surface area contributed by atoms with E-state index in [1.165, 1.54) is 6.20 Å². The highest BCUT2D eigenvalue weighted by Gasteiger charge is 2.28. The Bertz CT molecular complexity index is 1020. The molecule has 10 nitrogen and oxygen atoms in total. The summed E-state index contributed by atoms with van der Waals surface area (Å²) in [6, 6.07) is 2.19. The maximum atomic E-state index is 12.4. The topological polar surface area (TPSA) is 113 Å². The van der Waals surface area contributed by atoms with Crippen LogP contribution in [-0.2, 0) is 16.0 Å². The zero-order valence-corrected chi connectivity index (χ0v) is 21.1. The average Bonchev–Trinajstić information content (AvgIpc) is 3.07. The van der Waals surface area contributed by atoms with Crippen LogP contribution in [0.15, 0.2) is 6.20 Å². The maximum Gasteiger partial charge on any atom is 0.411 e. The Kier molecular flexibility index (Phi) is 8.58. The predicted molar refractivity (Wildman–Crippen MR) is 129 cm³/mol. The summed E-state index contributed by atoms with van der Waals surface area (Å²) in [5.41, 5.74) is -0.444. The molecule has 1 aromatic heterocycles. The lowest BCUT2D eigenvalue weighted by Gasteiger charge is -2.36. The van der Waals surface area contributed by atoms with Crippen molar-refractivity contribution in [1.29, 1.82) is 5.26 Å². The van der Waals surface area contributed by atoms with Crippen LogP contribution in [0, 0.1) is 23.2 Å². The second-order valence-corrected chi connectivity index (χ2v) is 9.70. The van der Waals surface area contributed by atoms with Crippen molar-refractivity contribution < 1.29 is 19.1 Å². The minimum atomic E-state index is -0.620. The molecule has 0 unspecified atom stereocenters. The quantitative estimate of drug-likeness (QED) is 0.672. The van der Waals surface area contributed by atoms with E-state index < -0.39 is 17.3 Å². The maximum absolute atomic E-state index is 12.4. The molecule has 2 amide bonds. The number of amides is 2. The van der Waals surface area contributed by atoms with Crippen molar-refractivity contribution in [3.05, 3.63) is 17.6 Å². The number of anilines is 1. The number of aromatic nitrogens is 2. The molecule has 1 saturated heterocycles. The third-order valence-electron chi connectivity index (χ3n) is 4.55. The Balaban J connectivity index is 2.21. The molecular formula is C24H34N6O4. The van der Waals surface area contributed by atoms with Gasteiger partial charge in [-0.15, -0.1) is 5.92 Å². The first-order chi connectivity index (χ1) is 15.8. The summed E-state index contributed by atoms with van der Waals surface area (Å²) in [5, 5.41) is 12.3. The number of alkyl carbamates (subject to hydrolysis) is 1. The predicted octanol–water partition coefficient (Wildman–Crippen LogP) is 3.33. The number of nitrogens with zero attached hydrogens (tertiary/aromatic N) is 5. The van der Waals surface area contributed by atoms with E-state index in [4.69, 9.17) is 9.47 Å². The van der Waals surface area contributed by atoms with E-state index in [9.17, 15) is 14.9 Å². The molecule has 1 aliphatic heterocycles. The van der Waals surface area contributed by atoms with Gasteiger partial charge in [0.2, 0.25) is 5.95 Å². The third kappa shape index (κ3) is 7.73. The van der Waals surface area contributed by atoms with Gasteiger partial charge in [0.1, 0.15) is 28.7 Å². The van der Waals surface area contributed by atoms with Crippen LogP contribution in [-0.4, -0.2) is 64.0 Å². The van der Waals surface area contributed by atoms with Gasteiger partial charge in [-0.25, -0.2) is 14.6 Å². The lowest BCUT2D eigenvalue weighted by atomic mass is 10.2. The number of carbonyl (C=O) groups excluding carboxylic acids is 2. The van der Waals surface area contributed by atoms with Gasteiger partial charge in [-0.2, -0.15) is 5.26 Å². The molecule has 0 aromatic carbocycles. The van der Waals surface area contributed by atoms with Crippen molar-refractivity contribution >= 4 is 24.2 Å². The van der Waals surface area contributed by atoms with E-state index in [0.29, 0.717) is 50.1 Å². The lowest BCUT2D eigenvalue weighted by molar-refractivity contribution is 0.0239. The van der Waals surface area contributed by atoms with Gasteiger partial charge >= 0.3 is 12.2 Å². The Morgan fingerprint density at radius 1 is 1.09 bits per heavy atom. The monoisotopic (exact) mass is 470 g/mol. The Labute approximate surface area is 201 Å². The average molecular weight is 471 g/mol. The van der Waals surface area contributed by atoms with Crippen molar-refractivity contribution in [2.24, 2.45) is 0 Å². The van der Waals surface area contributed by atoms with Crippen LogP contribution in [0.25, 0.3) is 6.08 Å². The van der Waals surface area contributed by atoms with E-state index in [1.807, 2.05) is 25.7 Å². The van der Waals surface area contributed by atoms with Crippen LogP contribution >= 0.6 is 0 Å². The molecule has 0 atom stereocenters. The van der Waals surface area contributed by atoms with Crippen molar-refractivity contribution in [2.45, 2.75) is 66.2 Å². The molecule has 0 saturated carbocycles. The number of nitriles is 1. The first kappa shape index (κ1) is 26.6. The number of hydrogen-bond donors (Lipinski definition) is 1. The molecule has 0 bridgehead atoms. The number of nitrogens with one attached hydrogen (secondary N) is 1. The summed E-state index contributed by atoms with van der Waals surface area (Å²) < 4.78 is 12.4. The number of rotatable bonds is 4. The largest absolute Gasteiger partial charge is 0.444 e.